The van der Waals surface area contributed by atoms with E-state index in [9.17, 15) is 22.8 Å². The van der Waals surface area contributed by atoms with Crippen LogP contribution in [0.5, 0.6) is 0 Å². The van der Waals surface area contributed by atoms with Gasteiger partial charge in [0.25, 0.3) is 5.56 Å². The van der Waals surface area contributed by atoms with E-state index in [1.165, 1.54) is 9.36 Å². The lowest BCUT2D eigenvalue weighted by atomic mass is 10.3. The number of nitrogens with one attached hydrogen (secondary N) is 1. The highest BCUT2D eigenvalue weighted by atomic mass is 19.4. The first-order valence-corrected chi connectivity index (χ1v) is 6.41. The number of aromatic nitrogens is 2. The average Bonchev–Trinajstić information content (AvgIpc) is 2.62. The number of carbonyl (C=O) groups excluding carboxylic acids is 1. The Balaban J connectivity index is 2.39. The van der Waals surface area contributed by atoms with Crippen LogP contribution in [0.15, 0.2) is 35.1 Å². The van der Waals surface area contributed by atoms with E-state index < -0.39 is 24.1 Å². The van der Waals surface area contributed by atoms with Crippen LogP contribution in [-0.2, 0) is 11.8 Å². The van der Waals surface area contributed by atoms with Crippen LogP contribution in [0.1, 0.15) is 12.1 Å². The molecule has 0 bridgehead atoms. The molecule has 1 amide bonds. The molecule has 0 radical (unpaired) electrons. The fourth-order valence-electron chi connectivity index (χ4n) is 2.08. The first kappa shape index (κ1) is 15.9. The number of alkyl halides is 3. The third kappa shape index (κ3) is 3.21. The maximum absolute atomic E-state index is 12.4. The number of halogens is 3. The van der Waals surface area contributed by atoms with Gasteiger partial charge in [-0.3, -0.25) is 14.3 Å². The quantitative estimate of drug-likeness (QED) is 0.946. The summed E-state index contributed by atoms with van der Waals surface area (Å²) in [6, 6.07) is 8.60. The smallest absolute Gasteiger partial charge is 0.320 e. The van der Waals surface area contributed by atoms with Crippen LogP contribution in [0.2, 0.25) is 0 Å². The molecule has 1 N–H and O–H groups in total. The van der Waals surface area contributed by atoms with Crippen molar-refractivity contribution < 1.29 is 18.0 Å². The van der Waals surface area contributed by atoms with Crippen molar-refractivity contribution in [1.29, 1.82) is 0 Å². The lowest BCUT2D eigenvalue weighted by Gasteiger charge is -2.07. The normalized spacial score (nSPS) is 11.5. The van der Waals surface area contributed by atoms with Crippen molar-refractivity contribution in [2.45, 2.75) is 19.5 Å². The minimum Gasteiger partial charge on any atom is -0.320 e. The van der Waals surface area contributed by atoms with Gasteiger partial charge in [-0.2, -0.15) is 13.2 Å². The van der Waals surface area contributed by atoms with Crippen molar-refractivity contribution in [2.24, 2.45) is 7.05 Å². The van der Waals surface area contributed by atoms with Crippen LogP contribution in [0.25, 0.3) is 5.69 Å². The van der Waals surface area contributed by atoms with Crippen molar-refractivity contribution in [1.82, 2.24) is 9.36 Å². The van der Waals surface area contributed by atoms with Crippen LogP contribution < -0.4 is 10.9 Å². The summed E-state index contributed by atoms with van der Waals surface area (Å²) in [4.78, 5) is 23.8. The second kappa shape index (κ2) is 5.70. The number of hydrogen-bond donors (Lipinski definition) is 1. The lowest BCUT2D eigenvalue weighted by molar-refractivity contribution is -0.150. The van der Waals surface area contributed by atoms with Crippen molar-refractivity contribution in [3.63, 3.8) is 0 Å². The van der Waals surface area contributed by atoms with E-state index in [-0.39, 0.29) is 5.69 Å². The molecule has 0 unspecified atom stereocenters. The van der Waals surface area contributed by atoms with Gasteiger partial charge in [0.05, 0.1) is 11.4 Å². The summed E-state index contributed by atoms with van der Waals surface area (Å²) in [5.74, 6) is -1.27. The molecule has 0 saturated carbocycles. The van der Waals surface area contributed by atoms with Gasteiger partial charge < -0.3 is 5.32 Å². The van der Waals surface area contributed by atoms with Gasteiger partial charge in [0.1, 0.15) is 12.1 Å². The van der Waals surface area contributed by atoms with E-state index in [0.29, 0.717) is 11.4 Å². The topological polar surface area (TPSA) is 56.0 Å². The third-order valence-electron chi connectivity index (χ3n) is 3.18. The zero-order valence-electron chi connectivity index (χ0n) is 11.9. The first-order valence-electron chi connectivity index (χ1n) is 6.41. The summed E-state index contributed by atoms with van der Waals surface area (Å²) in [6.07, 6.45) is -6.25. The molecule has 0 aliphatic heterocycles. The van der Waals surface area contributed by atoms with E-state index in [1.54, 1.807) is 44.3 Å². The monoisotopic (exact) mass is 313 g/mol. The molecule has 2 aromatic rings. The summed E-state index contributed by atoms with van der Waals surface area (Å²) < 4.78 is 39.4. The Kier molecular flexibility index (Phi) is 4.11. The summed E-state index contributed by atoms with van der Waals surface area (Å²) >= 11 is 0. The second-order valence-electron chi connectivity index (χ2n) is 4.78. The fourth-order valence-corrected chi connectivity index (χ4v) is 2.08. The predicted octanol–water partition coefficient (Wildman–Crippen LogP) is 2.38. The van der Waals surface area contributed by atoms with Crippen LogP contribution in [0, 0.1) is 6.92 Å². The van der Waals surface area contributed by atoms with Gasteiger partial charge in [-0.15, -0.1) is 0 Å². The molecule has 0 aliphatic carbocycles. The third-order valence-corrected chi connectivity index (χ3v) is 3.18. The Morgan fingerprint density at radius 2 is 1.82 bits per heavy atom. The fraction of sp³-hybridized carbons (Fsp3) is 0.286. The van der Waals surface area contributed by atoms with E-state index in [4.69, 9.17) is 0 Å². The van der Waals surface area contributed by atoms with Gasteiger partial charge in [-0.05, 0) is 19.1 Å². The molecule has 1 heterocycles. The van der Waals surface area contributed by atoms with Gasteiger partial charge in [-0.1, -0.05) is 18.2 Å². The minimum atomic E-state index is -4.62. The maximum Gasteiger partial charge on any atom is 0.397 e. The highest BCUT2D eigenvalue weighted by molar-refractivity contribution is 5.91. The van der Waals surface area contributed by atoms with Gasteiger partial charge in [0.15, 0.2) is 0 Å². The number of para-hydroxylation sites is 1. The zero-order valence-corrected chi connectivity index (χ0v) is 11.9. The van der Waals surface area contributed by atoms with Crippen LogP contribution in [0.3, 0.4) is 0 Å². The summed E-state index contributed by atoms with van der Waals surface area (Å²) in [7, 11) is 1.59. The van der Waals surface area contributed by atoms with Gasteiger partial charge in [0.2, 0.25) is 5.91 Å². The Morgan fingerprint density at radius 1 is 1.23 bits per heavy atom. The van der Waals surface area contributed by atoms with E-state index in [1.807, 2.05) is 0 Å². The number of nitrogens with zero attached hydrogens (tertiary/aromatic N) is 2. The number of rotatable bonds is 3. The van der Waals surface area contributed by atoms with Crippen molar-refractivity contribution in [2.75, 3.05) is 5.32 Å². The van der Waals surface area contributed by atoms with Crippen LogP contribution in [-0.4, -0.2) is 21.4 Å². The van der Waals surface area contributed by atoms with E-state index in [2.05, 4.69) is 5.32 Å². The van der Waals surface area contributed by atoms with E-state index in [0.717, 1.165) is 0 Å². The predicted molar refractivity (Wildman–Crippen MR) is 75.0 cm³/mol. The molecule has 0 atom stereocenters. The van der Waals surface area contributed by atoms with Crippen LogP contribution >= 0.6 is 0 Å². The Labute approximate surface area is 123 Å². The summed E-state index contributed by atoms with van der Waals surface area (Å²) in [6.45, 7) is 1.55. The van der Waals surface area contributed by atoms with Crippen LogP contribution in [0.4, 0.5) is 18.9 Å². The molecule has 0 saturated heterocycles. The summed E-state index contributed by atoms with van der Waals surface area (Å²) in [5.41, 5.74) is 0.182. The number of benzene rings is 1. The average molecular weight is 313 g/mol. The maximum atomic E-state index is 12.4. The lowest BCUT2D eigenvalue weighted by Crippen LogP contribution is -2.25. The van der Waals surface area contributed by atoms with Crippen molar-refractivity contribution in [3.8, 4) is 5.69 Å². The molecular formula is C14H14F3N3O2. The second-order valence-corrected chi connectivity index (χ2v) is 4.78. The SMILES string of the molecule is Cc1c(NC(=O)CC(F)(F)F)c(=O)n(-c2ccccc2)n1C. The molecule has 118 valence electrons. The van der Waals surface area contributed by atoms with Crippen molar-refractivity contribution >= 4 is 11.6 Å². The largest absolute Gasteiger partial charge is 0.397 e. The molecule has 0 aliphatic rings. The highest BCUT2D eigenvalue weighted by Gasteiger charge is 2.32. The van der Waals surface area contributed by atoms with Gasteiger partial charge in [0, 0.05) is 7.05 Å². The minimum absolute atomic E-state index is 0.152. The Hall–Kier alpha value is -2.51. The molecule has 1 aromatic heterocycles. The number of carbonyl (C=O) groups is 1. The molecule has 5 nitrogen and oxygen atoms in total. The Bertz CT molecular complexity index is 745. The molecule has 22 heavy (non-hydrogen) atoms. The molecule has 0 spiro atoms. The van der Waals surface area contributed by atoms with E-state index >= 15 is 0 Å². The molecule has 8 heteroatoms. The standard InChI is InChI=1S/C14H14F3N3O2/c1-9-12(18-11(21)8-14(15,16)17)13(22)20(19(9)2)10-6-4-3-5-7-10/h3-7H,8H2,1-2H3,(H,18,21). The number of hydrogen-bond acceptors (Lipinski definition) is 2. The number of anilines is 1. The molecule has 2 rings (SSSR count). The first-order chi connectivity index (χ1) is 10.2. The number of amides is 1. The van der Waals surface area contributed by atoms with Gasteiger partial charge in [-0.25, -0.2) is 4.68 Å². The Morgan fingerprint density at radius 3 is 2.36 bits per heavy atom. The van der Waals surface area contributed by atoms with Gasteiger partial charge >= 0.3 is 6.18 Å². The molecular weight excluding hydrogens is 299 g/mol. The summed E-state index contributed by atoms with van der Waals surface area (Å²) in [5, 5.41) is 2.05. The molecule has 0 fully saturated rings. The molecule has 1 aromatic carbocycles. The van der Waals surface area contributed by atoms with Crippen molar-refractivity contribution in [3.05, 3.63) is 46.4 Å². The highest BCUT2D eigenvalue weighted by Crippen LogP contribution is 2.21. The zero-order chi connectivity index (χ0) is 16.5.